The molecule has 0 heterocycles. The molecule has 1 N–H and O–H groups in total. The van der Waals surface area contributed by atoms with E-state index in [1.54, 1.807) is 18.2 Å². The molecule has 3 atom stereocenters. The Labute approximate surface area is 203 Å². The van der Waals surface area contributed by atoms with Gasteiger partial charge in [0.05, 0.1) is 10.1 Å². The lowest BCUT2D eigenvalue weighted by atomic mass is 9.80. The summed E-state index contributed by atoms with van der Waals surface area (Å²) in [4.78, 5) is 13.2. The maximum absolute atomic E-state index is 13.7. The fraction of sp³-hybridized carbons (Fsp3) is 0.519. The first-order valence-corrected chi connectivity index (χ1v) is 14.1. The molecule has 2 aromatic rings. The van der Waals surface area contributed by atoms with Gasteiger partial charge in [-0.25, -0.2) is 8.42 Å². The van der Waals surface area contributed by atoms with Crippen LogP contribution in [-0.2, 0) is 21.1 Å². The molecule has 0 aromatic heterocycles. The maximum Gasteiger partial charge on any atom is 0.227 e. The van der Waals surface area contributed by atoms with Crippen molar-refractivity contribution in [2.75, 3.05) is 5.32 Å². The van der Waals surface area contributed by atoms with E-state index >= 15 is 0 Å². The van der Waals surface area contributed by atoms with E-state index in [1.165, 1.54) is 25.3 Å². The number of hydrogen-bond donors (Lipinski definition) is 1. The molecule has 178 valence electrons. The van der Waals surface area contributed by atoms with Crippen LogP contribution in [0, 0.1) is 17.8 Å². The summed E-state index contributed by atoms with van der Waals surface area (Å²) in [6.07, 6.45) is 8.24. The van der Waals surface area contributed by atoms with Gasteiger partial charge in [-0.3, -0.25) is 4.79 Å². The summed E-state index contributed by atoms with van der Waals surface area (Å²) in [6.45, 7) is 4.13. The van der Waals surface area contributed by atoms with Crippen LogP contribution in [0.2, 0.25) is 5.02 Å². The van der Waals surface area contributed by atoms with Crippen molar-refractivity contribution in [3.8, 4) is 0 Å². The Bertz CT molecular complexity index is 1110. The van der Waals surface area contributed by atoms with E-state index in [2.05, 4.69) is 12.2 Å². The number of benzene rings is 2. The van der Waals surface area contributed by atoms with E-state index in [9.17, 15) is 13.2 Å². The van der Waals surface area contributed by atoms with Crippen molar-refractivity contribution in [2.45, 2.75) is 75.4 Å². The zero-order valence-electron chi connectivity index (χ0n) is 19.5. The predicted octanol–water partition coefficient (Wildman–Crippen LogP) is 6.98. The number of halogens is 1. The number of hydrogen-bond acceptors (Lipinski definition) is 3. The lowest BCUT2D eigenvalue weighted by molar-refractivity contribution is -0.121. The van der Waals surface area contributed by atoms with Gasteiger partial charge in [-0.05, 0) is 79.0 Å². The van der Waals surface area contributed by atoms with Crippen molar-refractivity contribution in [1.82, 2.24) is 0 Å². The average Bonchev–Trinajstić information content (AvgIpc) is 2.83. The molecule has 33 heavy (non-hydrogen) atoms. The SMILES string of the molecule is CC[C@@H]1Cc2ccc(NC(=O)[C@@H](C)C3CCCCC3)cc2C(S(=O)(=O)c2cccc(Cl)c2)C1. The van der Waals surface area contributed by atoms with Crippen LogP contribution in [0.5, 0.6) is 0 Å². The van der Waals surface area contributed by atoms with E-state index in [0.29, 0.717) is 29.0 Å². The molecule has 0 radical (unpaired) electrons. The molecule has 0 saturated heterocycles. The van der Waals surface area contributed by atoms with Gasteiger partial charge in [-0.15, -0.1) is 0 Å². The third-order valence-corrected chi connectivity index (χ3v) is 10.0. The quantitative estimate of drug-likeness (QED) is 0.477. The predicted molar refractivity (Wildman–Crippen MR) is 134 cm³/mol. The summed E-state index contributed by atoms with van der Waals surface area (Å²) in [5, 5.41) is 2.85. The molecule has 1 fully saturated rings. The number of carbonyl (C=O) groups is 1. The van der Waals surface area contributed by atoms with Crippen molar-refractivity contribution in [2.24, 2.45) is 17.8 Å². The van der Waals surface area contributed by atoms with Crippen molar-refractivity contribution in [1.29, 1.82) is 0 Å². The number of nitrogens with one attached hydrogen (secondary N) is 1. The molecule has 0 bridgehead atoms. The van der Waals surface area contributed by atoms with E-state index in [1.807, 2.05) is 25.1 Å². The summed E-state index contributed by atoms with van der Waals surface area (Å²) < 4.78 is 27.3. The van der Waals surface area contributed by atoms with Crippen molar-refractivity contribution >= 4 is 33.0 Å². The molecular weight excluding hydrogens is 454 g/mol. The van der Waals surface area contributed by atoms with Crippen LogP contribution in [-0.4, -0.2) is 14.3 Å². The lowest BCUT2D eigenvalue weighted by Gasteiger charge is -2.32. The molecule has 1 saturated carbocycles. The number of carbonyl (C=O) groups excluding carboxylic acids is 1. The monoisotopic (exact) mass is 487 g/mol. The summed E-state index contributed by atoms with van der Waals surface area (Å²) >= 11 is 6.11. The van der Waals surface area contributed by atoms with Crippen LogP contribution in [0.4, 0.5) is 5.69 Å². The van der Waals surface area contributed by atoms with Gasteiger partial charge in [0.1, 0.15) is 0 Å². The topological polar surface area (TPSA) is 63.2 Å². The minimum absolute atomic E-state index is 0.0262. The zero-order valence-corrected chi connectivity index (χ0v) is 21.1. The Kier molecular flexibility index (Phi) is 7.49. The molecule has 1 amide bonds. The van der Waals surface area contributed by atoms with Crippen LogP contribution in [0.1, 0.15) is 75.2 Å². The third kappa shape index (κ3) is 5.30. The zero-order chi connectivity index (χ0) is 23.6. The van der Waals surface area contributed by atoms with Crippen LogP contribution < -0.4 is 5.32 Å². The first-order valence-electron chi connectivity index (χ1n) is 12.2. The molecular formula is C27H34ClNO3S. The molecule has 2 aromatic carbocycles. The van der Waals surface area contributed by atoms with Gasteiger partial charge in [0, 0.05) is 16.6 Å². The van der Waals surface area contributed by atoms with Crippen molar-refractivity contribution in [3.05, 3.63) is 58.6 Å². The van der Waals surface area contributed by atoms with Crippen LogP contribution >= 0.6 is 11.6 Å². The molecule has 2 aliphatic rings. The summed E-state index contributed by atoms with van der Waals surface area (Å²) in [6, 6.07) is 12.3. The first kappa shape index (κ1) is 24.3. The molecule has 6 heteroatoms. The van der Waals surface area contributed by atoms with E-state index in [0.717, 1.165) is 36.8 Å². The fourth-order valence-electron chi connectivity index (χ4n) is 5.50. The minimum Gasteiger partial charge on any atom is -0.326 e. The fourth-order valence-corrected chi connectivity index (χ4v) is 7.72. The second-order valence-electron chi connectivity index (χ2n) is 9.79. The number of fused-ring (bicyclic) bond motifs is 1. The Balaban J connectivity index is 1.63. The normalized spacial score (nSPS) is 22.4. The van der Waals surface area contributed by atoms with Gasteiger partial charge < -0.3 is 5.32 Å². The minimum atomic E-state index is -3.62. The van der Waals surface area contributed by atoms with Crippen LogP contribution in [0.3, 0.4) is 0 Å². The second-order valence-corrected chi connectivity index (χ2v) is 12.4. The van der Waals surface area contributed by atoms with E-state index in [-0.39, 0.29) is 16.7 Å². The number of amides is 1. The molecule has 1 unspecified atom stereocenters. The van der Waals surface area contributed by atoms with Crippen molar-refractivity contribution in [3.63, 3.8) is 0 Å². The van der Waals surface area contributed by atoms with Gasteiger partial charge in [0.2, 0.25) is 5.91 Å². The number of sulfone groups is 1. The second kappa shape index (κ2) is 10.2. The Morgan fingerprint density at radius 3 is 2.58 bits per heavy atom. The highest BCUT2D eigenvalue weighted by molar-refractivity contribution is 7.91. The van der Waals surface area contributed by atoms with Gasteiger partial charge in [0.25, 0.3) is 0 Å². The van der Waals surface area contributed by atoms with Crippen LogP contribution in [0.25, 0.3) is 0 Å². The molecule has 0 spiro atoms. The van der Waals surface area contributed by atoms with Gasteiger partial charge in [0.15, 0.2) is 9.84 Å². The summed E-state index contributed by atoms with van der Waals surface area (Å²) in [7, 11) is -3.62. The first-order chi connectivity index (χ1) is 15.8. The standard InChI is InChI=1S/C27H34ClNO3S/c1-3-19-14-21-12-13-23(29-27(30)18(2)20-8-5-4-6-9-20)17-25(21)26(15-19)33(31,32)24-11-7-10-22(28)16-24/h7,10-13,16-20,26H,3-6,8-9,14-15H2,1-2H3,(H,29,30)/t18-,19+,26?/m0/s1. The lowest BCUT2D eigenvalue weighted by Crippen LogP contribution is -2.29. The van der Waals surface area contributed by atoms with Crippen LogP contribution in [0.15, 0.2) is 47.4 Å². The van der Waals surface area contributed by atoms with Gasteiger partial charge in [-0.2, -0.15) is 0 Å². The molecule has 4 rings (SSSR count). The summed E-state index contributed by atoms with van der Waals surface area (Å²) in [5.74, 6) is 0.719. The molecule has 0 aliphatic heterocycles. The Morgan fingerprint density at radius 1 is 1.12 bits per heavy atom. The van der Waals surface area contributed by atoms with Crippen molar-refractivity contribution < 1.29 is 13.2 Å². The smallest absolute Gasteiger partial charge is 0.227 e. The summed E-state index contributed by atoms with van der Waals surface area (Å²) in [5.41, 5.74) is 2.55. The average molecular weight is 488 g/mol. The highest BCUT2D eigenvalue weighted by Gasteiger charge is 2.36. The van der Waals surface area contributed by atoms with E-state index in [4.69, 9.17) is 11.6 Å². The largest absolute Gasteiger partial charge is 0.326 e. The Hall–Kier alpha value is -1.85. The third-order valence-electron chi connectivity index (χ3n) is 7.66. The van der Waals surface area contributed by atoms with E-state index < -0.39 is 15.1 Å². The number of rotatable bonds is 6. The highest BCUT2D eigenvalue weighted by Crippen LogP contribution is 2.43. The maximum atomic E-state index is 13.7. The van der Waals surface area contributed by atoms with Gasteiger partial charge >= 0.3 is 0 Å². The molecule has 4 nitrogen and oxygen atoms in total. The highest BCUT2D eigenvalue weighted by atomic mass is 35.5. The Morgan fingerprint density at radius 2 is 1.88 bits per heavy atom. The molecule has 2 aliphatic carbocycles. The number of anilines is 1. The van der Waals surface area contributed by atoms with Gasteiger partial charge in [-0.1, -0.05) is 63.3 Å².